The Balaban J connectivity index is 2.33. The van der Waals surface area contributed by atoms with Gasteiger partial charge in [0.05, 0.1) is 4.90 Å². The molecule has 0 amide bonds. The quantitative estimate of drug-likeness (QED) is 0.934. The second kappa shape index (κ2) is 4.93. The van der Waals surface area contributed by atoms with Crippen molar-refractivity contribution in [2.45, 2.75) is 18.7 Å². The van der Waals surface area contributed by atoms with E-state index in [1.807, 2.05) is 0 Å². The highest BCUT2D eigenvalue weighted by Crippen LogP contribution is 2.14. The summed E-state index contributed by atoms with van der Waals surface area (Å²) in [6, 6.07) is 6.25. The van der Waals surface area contributed by atoms with Crippen LogP contribution in [-0.4, -0.2) is 18.4 Å². The van der Waals surface area contributed by atoms with Crippen molar-refractivity contribution >= 4 is 16.0 Å². The molecule has 0 radical (unpaired) electrons. The fraction of sp³-hybridized carbons (Fsp3) is 0.167. The molecule has 5 nitrogen and oxygen atoms in total. The molecule has 0 bridgehead atoms. The van der Waals surface area contributed by atoms with Crippen LogP contribution < -0.4 is 4.72 Å². The van der Waals surface area contributed by atoms with Crippen LogP contribution in [0.4, 0.5) is 10.3 Å². The monoisotopic (exact) mass is 281 g/mol. The predicted octanol–water partition coefficient (Wildman–Crippen LogP) is 2.03. The molecule has 7 heteroatoms. The highest BCUT2D eigenvalue weighted by molar-refractivity contribution is 7.92. The first-order valence-electron chi connectivity index (χ1n) is 5.47. The smallest absolute Gasteiger partial charge is 0.247 e. The molecule has 0 atom stereocenters. The lowest BCUT2D eigenvalue weighted by Gasteiger charge is -2.07. The molecule has 1 heterocycles. The van der Waals surface area contributed by atoms with Gasteiger partial charge in [0.25, 0.3) is 10.0 Å². The van der Waals surface area contributed by atoms with Crippen molar-refractivity contribution in [2.24, 2.45) is 0 Å². The fourth-order valence-electron chi connectivity index (χ4n) is 1.56. The number of sulfonamides is 1. The van der Waals surface area contributed by atoms with Gasteiger partial charge in [0.2, 0.25) is 5.95 Å². The molecule has 1 N–H and O–H groups in total. The number of rotatable bonds is 3. The normalized spacial score (nSPS) is 11.3. The number of anilines is 1. The minimum Gasteiger partial charge on any atom is -0.247 e. The zero-order valence-electron chi connectivity index (χ0n) is 10.4. The van der Waals surface area contributed by atoms with E-state index in [0.717, 1.165) is 12.1 Å². The molecule has 0 spiro atoms. The molecule has 2 rings (SSSR count). The largest absolute Gasteiger partial charge is 0.264 e. The summed E-state index contributed by atoms with van der Waals surface area (Å²) < 4.78 is 39.1. The first kappa shape index (κ1) is 13.4. The molecule has 1 aromatic carbocycles. The topological polar surface area (TPSA) is 72.0 Å². The number of halogens is 1. The molecular formula is C12H12FN3O2S. The van der Waals surface area contributed by atoms with Gasteiger partial charge in [-0.25, -0.2) is 27.5 Å². The predicted molar refractivity (Wildman–Crippen MR) is 68.7 cm³/mol. The van der Waals surface area contributed by atoms with Crippen LogP contribution in [0.15, 0.2) is 35.2 Å². The average molecular weight is 281 g/mol. The standard InChI is InChI=1S/C12H12FN3O2S/c1-8-7-9(2)15-12(14-8)16-19(17,18)11-5-3-10(13)4-6-11/h3-7H,1-2H3,(H,14,15,16). The minimum atomic E-state index is -3.81. The summed E-state index contributed by atoms with van der Waals surface area (Å²) in [7, 11) is -3.81. The molecule has 0 fully saturated rings. The van der Waals surface area contributed by atoms with Gasteiger partial charge in [0, 0.05) is 11.4 Å². The molecular weight excluding hydrogens is 269 g/mol. The van der Waals surface area contributed by atoms with E-state index in [1.165, 1.54) is 12.1 Å². The second-order valence-corrected chi connectivity index (χ2v) is 5.72. The lowest BCUT2D eigenvalue weighted by Crippen LogP contribution is -2.15. The molecule has 0 saturated heterocycles. The van der Waals surface area contributed by atoms with Crippen molar-refractivity contribution in [2.75, 3.05) is 4.72 Å². The Morgan fingerprint density at radius 1 is 1.05 bits per heavy atom. The fourth-order valence-corrected chi connectivity index (χ4v) is 2.51. The van der Waals surface area contributed by atoms with Gasteiger partial charge in [0.15, 0.2) is 0 Å². The summed E-state index contributed by atoms with van der Waals surface area (Å²) in [6.45, 7) is 3.48. The Morgan fingerprint density at radius 3 is 2.11 bits per heavy atom. The molecule has 100 valence electrons. The maximum atomic E-state index is 12.8. The number of aryl methyl sites for hydroxylation is 2. The third-order valence-corrected chi connectivity index (χ3v) is 3.68. The molecule has 2 aromatic rings. The lowest BCUT2D eigenvalue weighted by atomic mass is 10.4. The van der Waals surface area contributed by atoms with Gasteiger partial charge in [-0.05, 0) is 44.2 Å². The van der Waals surface area contributed by atoms with E-state index in [-0.39, 0.29) is 10.8 Å². The van der Waals surface area contributed by atoms with Crippen molar-refractivity contribution in [3.05, 3.63) is 47.5 Å². The molecule has 1 aromatic heterocycles. The second-order valence-electron chi connectivity index (χ2n) is 4.03. The van der Waals surface area contributed by atoms with Gasteiger partial charge in [-0.3, -0.25) is 0 Å². The van der Waals surface area contributed by atoms with E-state index >= 15 is 0 Å². The summed E-state index contributed by atoms with van der Waals surface area (Å²) in [5.41, 5.74) is 1.31. The van der Waals surface area contributed by atoms with Crippen LogP contribution in [0, 0.1) is 19.7 Å². The van der Waals surface area contributed by atoms with E-state index in [0.29, 0.717) is 11.4 Å². The summed E-state index contributed by atoms with van der Waals surface area (Å²) in [4.78, 5) is 7.93. The van der Waals surface area contributed by atoms with Crippen molar-refractivity contribution in [3.8, 4) is 0 Å². The van der Waals surface area contributed by atoms with Crippen LogP contribution >= 0.6 is 0 Å². The number of nitrogens with one attached hydrogen (secondary N) is 1. The van der Waals surface area contributed by atoms with Gasteiger partial charge in [-0.1, -0.05) is 0 Å². The first-order chi connectivity index (χ1) is 8.87. The van der Waals surface area contributed by atoms with Crippen LogP contribution in [0.1, 0.15) is 11.4 Å². The summed E-state index contributed by atoms with van der Waals surface area (Å²) in [6.07, 6.45) is 0. The van der Waals surface area contributed by atoms with Crippen molar-refractivity contribution < 1.29 is 12.8 Å². The number of hydrogen-bond acceptors (Lipinski definition) is 4. The zero-order chi connectivity index (χ0) is 14.0. The van der Waals surface area contributed by atoms with Crippen LogP contribution in [0.25, 0.3) is 0 Å². The Morgan fingerprint density at radius 2 is 1.58 bits per heavy atom. The van der Waals surface area contributed by atoms with Crippen LogP contribution in [0.3, 0.4) is 0 Å². The molecule has 0 unspecified atom stereocenters. The number of aromatic nitrogens is 2. The van der Waals surface area contributed by atoms with Crippen molar-refractivity contribution in [3.63, 3.8) is 0 Å². The number of nitrogens with zero attached hydrogens (tertiary/aromatic N) is 2. The van der Waals surface area contributed by atoms with Gasteiger partial charge in [0.1, 0.15) is 5.82 Å². The van der Waals surface area contributed by atoms with E-state index in [4.69, 9.17) is 0 Å². The third-order valence-electron chi connectivity index (χ3n) is 2.33. The van der Waals surface area contributed by atoms with Gasteiger partial charge >= 0.3 is 0 Å². The maximum Gasteiger partial charge on any atom is 0.264 e. The highest BCUT2D eigenvalue weighted by Gasteiger charge is 2.15. The summed E-state index contributed by atoms with van der Waals surface area (Å²) >= 11 is 0. The van der Waals surface area contributed by atoms with E-state index in [2.05, 4.69) is 14.7 Å². The van der Waals surface area contributed by atoms with Gasteiger partial charge in [-0.15, -0.1) is 0 Å². The zero-order valence-corrected chi connectivity index (χ0v) is 11.2. The van der Waals surface area contributed by atoms with Crippen LogP contribution in [-0.2, 0) is 10.0 Å². The van der Waals surface area contributed by atoms with Gasteiger partial charge in [-0.2, -0.15) is 0 Å². The maximum absolute atomic E-state index is 12.8. The summed E-state index contributed by atoms with van der Waals surface area (Å²) in [5.74, 6) is -0.497. The summed E-state index contributed by atoms with van der Waals surface area (Å²) in [5, 5.41) is 0. The Hall–Kier alpha value is -2.02. The van der Waals surface area contributed by atoms with Crippen molar-refractivity contribution in [1.82, 2.24) is 9.97 Å². The van der Waals surface area contributed by atoms with Crippen LogP contribution in [0.2, 0.25) is 0 Å². The highest BCUT2D eigenvalue weighted by atomic mass is 32.2. The van der Waals surface area contributed by atoms with E-state index in [9.17, 15) is 12.8 Å². The van der Waals surface area contributed by atoms with Gasteiger partial charge < -0.3 is 0 Å². The van der Waals surface area contributed by atoms with Crippen LogP contribution in [0.5, 0.6) is 0 Å². The first-order valence-corrected chi connectivity index (χ1v) is 6.96. The minimum absolute atomic E-state index is 0.00169. The molecule has 19 heavy (non-hydrogen) atoms. The Kier molecular flexibility index (Phi) is 3.48. The number of benzene rings is 1. The average Bonchev–Trinajstić information content (AvgIpc) is 2.27. The van der Waals surface area contributed by atoms with E-state index in [1.54, 1.807) is 19.9 Å². The Labute approximate surface area is 110 Å². The molecule has 0 aliphatic rings. The van der Waals surface area contributed by atoms with E-state index < -0.39 is 15.8 Å². The number of hydrogen-bond donors (Lipinski definition) is 1. The molecule has 0 aliphatic carbocycles. The Bertz CT molecular complexity index is 679. The van der Waals surface area contributed by atoms with Crippen molar-refractivity contribution in [1.29, 1.82) is 0 Å². The lowest BCUT2D eigenvalue weighted by molar-refractivity contribution is 0.599. The third kappa shape index (κ3) is 3.25. The SMILES string of the molecule is Cc1cc(C)nc(NS(=O)(=O)c2ccc(F)cc2)n1. The molecule has 0 aliphatic heterocycles. The molecule has 0 saturated carbocycles.